The van der Waals surface area contributed by atoms with E-state index in [4.69, 9.17) is 0 Å². The van der Waals surface area contributed by atoms with Crippen LogP contribution in [0.5, 0.6) is 0 Å². The fourth-order valence-electron chi connectivity index (χ4n) is 2.86. The maximum absolute atomic E-state index is 12.4. The minimum absolute atomic E-state index is 0.0873. The Labute approximate surface area is 121 Å². The highest BCUT2D eigenvalue weighted by Gasteiger charge is 2.41. The summed E-state index contributed by atoms with van der Waals surface area (Å²) in [6.07, 6.45) is 8.51. The van der Waals surface area contributed by atoms with Gasteiger partial charge in [-0.15, -0.1) is 13.2 Å². The Morgan fingerprint density at radius 1 is 1.05 bits per heavy atom. The van der Waals surface area contributed by atoms with Crippen molar-refractivity contribution in [2.45, 2.75) is 44.9 Å². The van der Waals surface area contributed by atoms with E-state index in [0.717, 1.165) is 25.7 Å². The summed E-state index contributed by atoms with van der Waals surface area (Å²) in [5.74, 6) is -0.945. The number of hydrogen-bond acceptors (Lipinski definition) is 2. The monoisotopic (exact) mass is 279 g/mol. The van der Waals surface area contributed by atoms with Crippen LogP contribution in [0.3, 0.4) is 0 Å². The van der Waals surface area contributed by atoms with Crippen molar-refractivity contribution in [2.24, 2.45) is 5.41 Å². The maximum Gasteiger partial charge on any atom is 0.310 e. The number of carbonyl (C=O) groups is 2. The molecule has 1 amide bonds. The molecule has 0 aromatic heterocycles. The highest BCUT2D eigenvalue weighted by Crippen LogP contribution is 2.38. The number of carboxylic acid groups (broad SMARTS) is 1. The molecular weight excluding hydrogens is 254 g/mol. The Bertz CT molecular complexity index is 358. The van der Waals surface area contributed by atoms with Crippen LogP contribution in [0.15, 0.2) is 25.3 Å². The minimum Gasteiger partial charge on any atom is -0.481 e. The first-order chi connectivity index (χ1) is 9.55. The number of nitrogens with zero attached hydrogens (tertiary/aromatic N) is 1. The van der Waals surface area contributed by atoms with Gasteiger partial charge in [0.2, 0.25) is 5.91 Å². The summed E-state index contributed by atoms with van der Waals surface area (Å²) >= 11 is 0. The second-order valence-corrected chi connectivity index (χ2v) is 5.55. The lowest BCUT2D eigenvalue weighted by molar-refractivity contribution is -0.154. The zero-order valence-electron chi connectivity index (χ0n) is 12.1. The molecule has 112 valence electrons. The summed E-state index contributed by atoms with van der Waals surface area (Å²) in [5, 5.41) is 9.59. The Kier molecular flexibility index (Phi) is 6.49. The molecule has 4 heteroatoms. The van der Waals surface area contributed by atoms with Gasteiger partial charge in [-0.2, -0.15) is 0 Å². The molecule has 0 radical (unpaired) electrons. The molecule has 0 aromatic rings. The molecule has 1 N–H and O–H groups in total. The average Bonchev–Trinajstić information content (AvgIpc) is 2.65. The summed E-state index contributed by atoms with van der Waals surface area (Å²) < 4.78 is 0. The molecule has 0 spiro atoms. The van der Waals surface area contributed by atoms with Crippen molar-refractivity contribution in [1.29, 1.82) is 0 Å². The first-order valence-electron chi connectivity index (χ1n) is 7.29. The summed E-state index contributed by atoms with van der Waals surface area (Å²) in [6.45, 7) is 8.13. The molecule has 4 nitrogen and oxygen atoms in total. The van der Waals surface area contributed by atoms with Crippen LogP contribution < -0.4 is 0 Å². The Morgan fingerprint density at radius 2 is 1.55 bits per heavy atom. The maximum atomic E-state index is 12.4. The molecule has 1 aliphatic rings. The van der Waals surface area contributed by atoms with E-state index in [-0.39, 0.29) is 12.3 Å². The van der Waals surface area contributed by atoms with Gasteiger partial charge in [-0.25, -0.2) is 0 Å². The van der Waals surface area contributed by atoms with Crippen molar-refractivity contribution in [1.82, 2.24) is 4.90 Å². The number of hydrogen-bond donors (Lipinski definition) is 1. The summed E-state index contributed by atoms with van der Waals surface area (Å²) in [7, 11) is 0. The first-order valence-corrected chi connectivity index (χ1v) is 7.29. The van der Waals surface area contributed by atoms with E-state index in [0.29, 0.717) is 25.9 Å². The summed E-state index contributed by atoms with van der Waals surface area (Å²) in [5.41, 5.74) is -0.881. The Hall–Kier alpha value is -1.58. The number of amides is 1. The van der Waals surface area contributed by atoms with Gasteiger partial charge in [0.1, 0.15) is 0 Å². The van der Waals surface area contributed by atoms with Crippen molar-refractivity contribution in [3.63, 3.8) is 0 Å². The lowest BCUT2D eigenvalue weighted by Gasteiger charge is -2.30. The molecule has 0 aromatic carbocycles. The van der Waals surface area contributed by atoms with Crippen LogP contribution in [0.25, 0.3) is 0 Å². The van der Waals surface area contributed by atoms with E-state index >= 15 is 0 Å². The minimum atomic E-state index is -0.881. The van der Waals surface area contributed by atoms with Gasteiger partial charge >= 0.3 is 5.97 Å². The SMILES string of the molecule is C=CCN(CC=C)C(=O)CC1(C(=O)O)CCCCCC1. The van der Waals surface area contributed by atoms with Crippen molar-refractivity contribution in [2.75, 3.05) is 13.1 Å². The van der Waals surface area contributed by atoms with E-state index in [9.17, 15) is 14.7 Å². The van der Waals surface area contributed by atoms with Crippen molar-refractivity contribution >= 4 is 11.9 Å². The van der Waals surface area contributed by atoms with Crippen LogP contribution in [-0.2, 0) is 9.59 Å². The highest BCUT2D eigenvalue weighted by atomic mass is 16.4. The fraction of sp³-hybridized carbons (Fsp3) is 0.625. The second-order valence-electron chi connectivity index (χ2n) is 5.55. The van der Waals surface area contributed by atoms with Gasteiger partial charge in [0.15, 0.2) is 0 Å². The molecule has 0 unspecified atom stereocenters. The molecule has 0 heterocycles. The van der Waals surface area contributed by atoms with Crippen LogP contribution in [0, 0.1) is 5.41 Å². The Morgan fingerprint density at radius 3 is 1.95 bits per heavy atom. The average molecular weight is 279 g/mol. The van der Waals surface area contributed by atoms with E-state index in [1.165, 1.54) is 0 Å². The molecule has 1 saturated carbocycles. The van der Waals surface area contributed by atoms with Gasteiger partial charge < -0.3 is 10.0 Å². The normalized spacial score (nSPS) is 17.8. The van der Waals surface area contributed by atoms with E-state index in [1.54, 1.807) is 17.1 Å². The van der Waals surface area contributed by atoms with Crippen molar-refractivity contribution < 1.29 is 14.7 Å². The smallest absolute Gasteiger partial charge is 0.310 e. The van der Waals surface area contributed by atoms with E-state index < -0.39 is 11.4 Å². The quantitative estimate of drug-likeness (QED) is 0.575. The van der Waals surface area contributed by atoms with Crippen molar-refractivity contribution in [3.05, 3.63) is 25.3 Å². The topological polar surface area (TPSA) is 57.6 Å². The van der Waals surface area contributed by atoms with Gasteiger partial charge in [-0.3, -0.25) is 9.59 Å². The number of carboxylic acids is 1. The van der Waals surface area contributed by atoms with Crippen molar-refractivity contribution in [3.8, 4) is 0 Å². The number of carbonyl (C=O) groups excluding carboxylic acids is 1. The van der Waals surface area contributed by atoms with Gasteiger partial charge in [0.05, 0.1) is 5.41 Å². The van der Waals surface area contributed by atoms with Crippen LogP contribution in [0.2, 0.25) is 0 Å². The van der Waals surface area contributed by atoms with Crippen LogP contribution in [0.1, 0.15) is 44.9 Å². The van der Waals surface area contributed by atoms with E-state index in [2.05, 4.69) is 13.2 Å². The molecule has 1 fully saturated rings. The van der Waals surface area contributed by atoms with Crippen LogP contribution in [-0.4, -0.2) is 35.0 Å². The number of aliphatic carboxylic acids is 1. The predicted octanol–water partition coefficient (Wildman–Crippen LogP) is 3.00. The lowest BCUT2D eigenvalue weighted by atomic mass is 9.77. The zero-order valence-corrected chi connectivity index (χ0v) is 12.1. The molecule has 0 bridgehead atoms. The van der Waals surface area contributed by atoms with Crippen LogP contribution >= 0.6 is 0 Å². The fourth-order valence-corrected chi connectivity index (χ4v) is 2.86. The third kappa shape index (κ3) is 4.22. The van der Waals surface area contributed by atoms with Gasteiger partial charge in [0.25, 0.3) is 0 Å². The third-order valence-corrected chi connectivity index (χ3v) is 4.06. The number of rotatable bonds is 7. The second kappa shape index (κ2) is 7.88. The molecule has 0 saturated heterocycles. The largest absolute Gasteiger partial charge is 0.481 e. The standard InChI is InChI=1S/C16H25NO3/c1-3-11-17(12-4-2)14(18)13-16(15(19)20)9-7-5-6-8-10-16/h3-4H,1-2,5-13H2,(H,19,20). The summed E-state index contributed by atoms with van der Waals surface area (Å²) in [4.78, 5) is 25.7. The first kappa shape index (κ1) is 16.5. The molecule has 1 rings (SSSR count). The molecular formula is C16H25NO3. The van der Waals surface area contributed by atoms with E-state index in [1.807, 2.05) is 0 Å². The predicted molar refractivity (Wildman–Crippen MR) is 79.4 cm³/mol. The molecule has 0 atom stereocenters. The Balaban J connectivity index is 2.82. The van der Waals surface area contributed by atoms with Gasteiger partial charge in [-0.05, 0) is 12.8 Å². The molecule has 0 aliphatic heterocycles. The molecule has 20 heavy (non-hydrogen) atoms. The lowest BCUT2D eigenvalue weighted by Crippen LogP contribution is -2.40. The highest BCUT2D eigenvalue weighted by molar-refractivity contribution is 5.85. The third-order valence-electron chi connectivity index (χ3n) is 4.06. The van der Waals surface area contributed by atoms with Gasteiger partial charge in [-0.1, -0.05) is 37.8 Å². The zero-order chi connectivity index (χ0) is 15.0. The van der Waals surface area contributed by atoms with Crippen LogP contribution in [0.4, 0.5) is 0 Å². The van der Waals surface area contributed by atoms with Gasteiger partial charge in [0, 0.05) is 19.5 Å². The molecule has 1 aliphatic carbocycles. The summed E-state index contributed by atoms with van der Waals surface area (Å²) in [6, 6.07) is 0.